The van der Waals surface area contributed by atoms with Crippen molar-refractivity contribution >= 4 is 11.6 Å². The second kappa shape index (κ2) is 6.23. The summed E-state index contributed by atoms with van der Waals surface area (Å²) >= 11 is 6.20. The van der Waals surface area contributed by atoms with E-state index in [9.17, 15) is 4.39 Å². The first kappa shape index (κ1) is 15.3. The minimum Gasteiger partial charge on any atom is -0.329 e. The van der Waals surface area contributed by atoms with Crippen molar-refractivity contribution in [1.82, 2.24) is 4.90 Å². The van der Waals surface area contributed by atoms with Gasteiger partial charge in [0.25, 0.3) is 0 Å². The lowest BCUT2D eigenvalue weighted by Crippen LogP contribution is -2.35. The van der Waals surface area contributed by atoms with E-state index in [0.717, 1.165) is 29.9 Å². The molecule has 2 nitrogen and oxygen atoms in total. The van der Waals surface area contributed by atoms with Gasteiger partial charge in [0.15, 0.2) is 0 Å². The van der Waals surface area contributed by atoms with Crippen LogP contribution < -0.4 is 5.73 Å². The molecule has 0 amide bonds. The number of benzene rings is 1. The smallest absolute Gasteiger partial charge is 0.124 e. The highest BCUT2D eigenvalue weighted by atomic mass is 35.5. The molecule has 2 fully saturated rings. The SMILES string of the molecule is CN(CC1CC2CCC1C2)C(CN)c1ccc(F)cc1Cl. The first-order valence-corrected chi connectivity index (χ1v) is 8.31. The highest BCUT2D eigenvalue weighted by Gasteiger charge is 2.40. The van der Waals surface area contributed by atoms with Gasteiger partial charge in [-0.15, -0.1) is 0 Å². The molecule has 2 N–H and O–H groups in total. The molecular formula is C17H24ClFN2. The highest BCUT2D eigenvalue weighted by molar-refractivity contribution is 6.31. The summed E-state index contributed by atoms with van der Waals surface area (Å²) < 4.78 is 13.2. The summed E-state index contributed by atoms with van der Waals surface area (Å²) in [7, 11) is 2.11. The Labute approximate surface area is 131 Å². The summed E-state index contributed by atoms with van der Waals surface area (Å²) in [5, 5.41) is 0.477. The van der Waals surface area contributed by atoms with Gasteiger partial charge < -0.3 is 5.73 Å². The average Bonchev–Trinajstić information content (AvgIpc) is 3.04. The predicted octanol–water partition coefficient (Wildman–Crippen LogP) is 3.85. The third-order valence-corrected chi connectivity index (χ3v) is 5.81. The molecule has 1 aromatic rings. The van der Waals surface area contributed by atoms with Gasteiger partial charge in [-0.25, -0.2) is 4.39 Å². The van der Waals surface area contributed by atoms with Crippen molar-refractivity contribution in [3.8, 4) is 0 Å². The van der Waals surface area contributed by atoms with Crippen LogP contribution in [0.15, 0.2) is 18.2 Å². The van der Waals surface area contributed by atoms with Crippen molar-refractivity contribution in [1.29, 1.82) is 0 Å². The van der Waals surface area contributed by atoms with Gasteiger partial charge in [0, 0.05) is 24.2 Å². The molecule has 2 aliphatic carbocycles. The van der Waals surface area contributed by atoms with E-state index in [2.05, 4.69) is 11.9 Å². The Morgan fingerprint density at radius 3 is 2.76 bits per heavy atom. The number of rotatable bonds is 5. The lowest BCUT2D eigenvalue weighted by Gasteiger charge is -2.33. The van der Waals surface area contributed by atoms with Crippen LogP contribution in [0.1, 0.15) is 37.3 Å². The number of hydrogen-bond acceptors (Lipinski definition) is 2. The topological polar surface area (TPSA) is 29.3 Å². The Balaban J connectivity index is 1.70. The Morgan fingerprint density at radius 1 is 1.38 bits per heavy atom. The van der Waals surface area contributed by atoms with Crippen molar-refractivity contribution in [2.75, 3.05) is 20.1 Å². The fraction of sp³-hybridized carbons (Fsp3) is 0.647. The van der Waals surface area contributed by atoms with Crippen LogP contribution >= 0.6 is 11.6 Å². The van der Waals surface area contributed by atoms with E-state index in [0.29, 0.717) is 11.6 Å². The molecule has 0 aliphatic heterocycles. The number of hydrogen-bond donors (Lipinski definition) is 1. The van der Waals surface area contributed by atoms with E-state index >= 15 is 0 Å². The molecule has 21 heavy (non-hydrogen) atoms. The van der Waals surface area contributed by atoms with Crippen molar-refractivity contribution in [3.63, 3.8) is 0 Å². The van der Waals surface area contributed by atoms with Gasteiger partial charge in [0.1, 0.15) is 5.82 Å². The normalized spacial score (nSPS) is 29.3. The molecular weight excluding hydrogens is 287 g/mol. The number of nitrogens with zero attached hydrogens (tertiary/aromatic N) is 1. The zero-order chi connectivity index (χ0) is 15.0. The molecule has 2 bridgehead atoms. The van der Waals surface area contributed by atoms with Crippen molar-refractivity contribution < 1.29 is 4.39 Å². The molecule has 1 aromatic carbocycles. The van der Waals surface area contributed by atoms with Crippen LogP contribution in [0.3, 0.4) is 0 Å². The van der Waals surface area contributed by atoms with Gasteiger partial charge in [0.05, 0.1) is 0 Å². The summed E-state index contributed by atoms with van der Waals surface area (Å²) in [5.41, 5.74) is 6.91. The molecule has 3 rings (SSSR count). The van der Waals surface area contributed by atoms with Crippen molar-refractivity contribution in [2.45, 2.75) is 31.7 Å². The molecule has 0 spiro atoms. The quantitative estimate of drug-likeness (QED) is 0.895. The highest BCUT2D eigenvalue weighted by Crippen LogP contribution is 2.48. The predicted molar refractivity (Wildman–Crippen MR) is 84.8 cm³/mol. The van der Waals surface area contributed by atoms with Crippen LogP contribution in [0, 0.1) is 23.6 Å². The Morgan fingerprint density at radius 2 is 2.19 bits per heavy atom. The summed E-state index contributed by atoms with van der Waals surface area (Å²) in [4.78, 5) is 2.31. The van der Waals surface area contributed by atoms with Gasteiger partial charge >= 0.3 is 0 Å². The zero-order valence-electron chi connectivity index (χ0n) is 12.6. The van der Waals surface area contributed by atoms with Crippen molar-refractivity contribution in [2.24, 2.45) is 23.5 Å². The number of likely N-dealkylation sites (N-methyl/N-ethyl adjacent to an activating group) is 1. The van der Waals surface area contributed by atoms with E-state index in [1.54, 1.807) is 6.07 Å². The van der Waals surface area contributed by atoms with E-state index < -0.39 is 0 Å². The van der Waals surface area contributed by atoms with Crippen LogP contribution in [0.5, 0.6) is 0 Å². The van der Waals surface area contributed by atoms with Crippen LogP contribution in [0.4, 0.5) is 4.39 Å². The maximum atomic E-state index is 13.2. The van der Waals surface area contributed by atoms with E-state index in [4.69, 9.17) is 17.3 Å². The van der Waals surface area contributed by atoms with Crippen molar-refractivity contribution in [3.05, 3.63) is 34.6 Å². The van der Waals surface area contributed by atoms with Gasteiger partial charge in [-0.05, 0) is 61.8 Å². The van der Waals surface area contributed by atoms with E-state index in [1.807, 2.05) is 0 Å². The molecule has 0 aromatic heterocycles. The van der Waals surface area contributed by atoms with Crippen LogP contribution in [0.25, 0.3) is 0 Å². The van der Waals surface area contributed by atoms with Gasteiger partial charge in [0.2, 0.25) is 0 Å². The first-order valence-electron chi connectivity index (χ1n) is 7.93. The molecule has 0 saturated heterocycles. The van der Waals surface area contributed by atoms with E-state index in [-0.39, 0.29) is 11.9 Å². The summed E-state index contributed by atoms with van der Waals surface area (Å²) in [6.45, 7) is 1.57. The van der Waals surface area contributed by atoms with Gasteiger partial charge in [-0.1, -0.05) is 24.1 Å². The molecule has 0 heterocycles. The largest absolute Gasteiger partial charge is 0.329 e. The molecule has 116 valence electrons. The van der Waals surface area contributed by atoms with Crippen LogP contribution in [-0.2, 0) is 0 Å². The van der Waals surface area contributed by atoms with Gasteiger partial charge in [-0.3, -0.25) is 4.90 Å². The fourth-order valence-corrected chi connectivity index (χ4v) is 4.71. The molecule has 4 atom stereocenters. The number of halogens is 2. The van der Waals surface area contributed by atoms with Crippen LogP contribution in [0.2, 0.25) is 5.02 Å². The average molecular weight is 311 g/mol. The number of nitrogens with two attached hydrogens (primary N) is 1. The molecule has 4 unspecified atom stereocenters. The third-order valence-electron chi connectivity index (χ3n) is 5.48. The summed E-state index contributed by atoms with van der Waals surface area (Å²) in [5.74, 6) is 2.36. The standard InChI is InChI=1S/C17H24ClFN2/c1-21(10-13-7-11-2-3-12(13)6-11)17(9-20)15-5-4-14(19)8-16(15)18/h4-5,8,11-13,17H,2-3,6-7,9-10,20H2,1H3. The Bertz CT molecular complexity index is 508. The second-order valence-electron chi connectivity index (χ2n) is 6.79. The first-order chi connectivity index (χ1) is 10.1. The van der Waals surface area contributed by atoms with E-state index in [1.165, 1.54) is 37.8 Å². The maximum absolute atomic E-state index is 13.2. The lowest BCUT2D eigenvalue weighted by molar-refractivity contribution is 0.176. The molecule has 4 heteroatoms. The Kier molecular flexibility index (Phi) is 4.53. The third kappa shape index (κ3) is 3.10. The van der Waals surface area contributed by atoms with Gasteiger partial charge in [-0.2, -0.15) is 0 Å². The zero-order valence-corrected chi connectivity index (χ0v) is 13.3. The summed E-state index contributed by atoms with van der Waals surface area (Å²) in [6, 6.07) is 4.68. The maximum Gasteiger partial charge on any atom is 0.124 e. The summed E-state index contributed by atoms with van der Waals surface area (Å²) in [6.07, 6.45) is 5.61. The molecule has 0 radical (unpaired) electrons. The van der Waals surface area contributed by atoms with Crippen LogP contribution in [-0.4, -0.2) is 25.0 Å². The molecule has 2 aliphatic rings. The minimum absolute atomic E-state index is 0.0669. The Hall–Kier alpha value is -0.640. The molecule has 2 saturated carbocycles. The second-order valence-corrected chi connectivity index (χ2v) is 7.20. The fourth-order valence-electron chi connectivity index (χ4n) is 4.41. The minimum atomic E-state index is -0.296. The lowest BCUT2D eigenvalue weighted by atomic mass is 9.88. The number of fused-ring (bicyclic) bond motifs is 2. The monoisotopic (exact) mass is 310 g/mol.